The fourth-order valence-corrected chi connectivity index (χ4v) is 2.91. The van der Waals surface area contributed by atoms with Crippen molar-refractivity contribution in [2.45, 2.75) is 26.3 Å². The molecule has 1 unspecified atom stereocenters. The number of sulfonamides is 1. The van der Waals surface area contributed by atoms with Crippen LogP contribution in [0.3, 0.4) is 0 Å². The molecule has 0 aliphatic carbocycles. The van der Waals surface area contributed by atoms with Gasteiger partial charge in [-0.3, -0.25) is 4.90 Å². The van der Waals surface area contributed by atoms with Crippen molar-refractivity contribution in [3.63, 3.8) is 0 Å². The Labute approximate surface area is 105 Å². The van der Waals surface area contributed by atoms with Crippen LogP contribution in [-0.2, 0) is 10.0 Å². The van der Waals surface area contributed by atoms with Crippen molar-refractivity contribution in [3.8, 4) is 0 Å². The second-order valence-corrected chi connectivity index (χ2v) is 6.80. The van der Waals surface area contributed by atoms with Gasteiger partial charge >= 0.3 is 0 Å². The first kappa shape index (κ1) is 14.9. The van der Waals surface area contributed by atoms with Crippen LogP contribution in [0.15, 0.2) is 0 Å². The fourth-order valence-electron chi connectivity index (χ4n) is 2.09. The van der Waals surface area contributed by atoms with E-state index in [-0.39, 0.29) is 0 Å². The van der Waals surface area contributed by atoms with E-state index in [1.807, 2.05) is 0 Å². The molecule has 1 aliphatic heterocycles. The van der Waals surface area contributed by atoms with Gasteiger partial charge in [0.2, 0.25) is 10.0 Å². The summed E-state index contributed by atoms with van der Waals surface area (Å²) in [7, 11) is -3.00. The first-order valence-electron chi connectivity index (χ1n) is 6.34. The van der Waals surface area contributed by atoms with E-state index in [0.717, 1.165) is 32.6 Å². The normalized spacial score (nSPS) is 21.6. The molecule has 0 saturated carbocycles. The molecule has 1 N–H and O–H groups in total. The summed E-state index contributed by atoms with van der Waals surface area (Å²) in [4.78, 5) is 2.33. The predicted octanol–water partition coefficient (Wildman–Crippen LogP) is -0.0483. The zero-order valence-electron chi connectivity index (χ0n) is 11.1. The highest BCUT2D eigenvalue weighted by atomic mass is 32.2. The van der Waals surface area contributed by atoms with E-state index in [0.29, 0.717) is 19.1 Å². The van der Waals surface area contributed by atoms with Crippen LogP contribution in [0, 0.1) is 0 Å². The summed E-state index contributed by atoms with van der Waals surface area (Å²) < 4.78 is 24.3. The maximum absolute atomic E-state index is 11.4. The summed E-state index contributed by atoms with van der Waals surface area (Å²) in [5.41, 5.74) is 0. The van der Waals surface area contributed by atoms with Crippen molar-refractivity contribution in [1.82, 2.24) is 14.5 Å². The van der Waals surface area contributed by atoms with Crippen LogP contribution in [-0.4, -0.2) is 69.2 Å². The van der Waals surface area contributed by atoms with Gasteiger partial charge in [-0.1, -0.05) is 6.92 Å². The molecule has 0 spiro atoms. The second-order valence-electron chi connectivity index (χ2n) is 4.82. The van der Waals surface area contributed by atoms with Gasteiger partial charge in [-0.2, -0.15) is 4.31 Å². The third-order valence-corrected chi connectivity index (χ3v) is 4.38. The smallest absolute Gasteiger partial charge is 0.211 e. The predicted molar refractivity (Wildman–Crippen MR) is 70.6 cm³/mol. The van der Waals surface area contributed by atoms with Crippen LogP contribution in [0.25, 0.3) is 0 Å². The Morgan fingerprint density at radius 1 is 1.24 bits per heavy atom. The Kier molecular flexibility index (Phi) is 5.85. The molecule has 0 radical (unpaired) electrons. The van der Waals surface area contributed by atoms with E-state index in [4.69, 9.17) is 0 Å². The number of hydrogen-bond donors (Lipinski definition) is 1. The van der Waals surface area contributed by atoms with Crippen LogP contribution in [0.4, 0.5) is 0 Å². The van der Waals surface area contributed by atoms with Crippen molar-refractivity contribution in [3.05, 3.63) is 0 Å². The minimum atomic E-state index is -3.00. The average Bonchev–Trinajstić information content (AvgIpc) is 2.26. The van der Waals surface area contributed by atoms with Crippen LogP contribution < -0.4 is 5.32 Å². The maximum Gasteiger partial charge on any atom is 0.211 e. The standard InChI is InChI=1S/C11H25N3O2S/c1-4-5-12-11(2)10-13-6-8-14(9-7-13)17(3,15)16/h11-12H,4-10H2,1-3H3. The van der Waals surface area contributed by atoms with Gasteiger partial charge in [0.15, 0.2) is 0 Å². The molecule has 5 nitrogen and oxygen atoms in total. The number of nitrogens with one attached hydrogen (secondary N) is 1. The lowest BCUT2D eigenvalue weighted by molar-refractivity contribution is 0.175. The van der Waals surface area contributed by atoms with Gasteiger partial charge in [0.05, 0.1) is 6.26 Å². The van der Waals surface area contributed by atoms with Crippen molar-refractivity contribution in [1.29, 1.82) is 0 Å². The van der Waals surface area contributed by atoms with Crippen molar-refractivity contribution in [2.24, 2.45) is 0 Å². The van der Waals surface area contributed by atoms with Gasteiger partial charge in [0.25, 0.3) is 0 Å². The van der Waals surface area contributed by atoms with Crippen molar-refractivity contribution < 1.29 is 8.42 Å². The van der Waals surface area contributed by atoms with Crippen LogP contribution in [0.1, 0.15) is 20.3 Å². The Morgan fingerprint density at radius 3 is 2.29 bits per heavy atom. The summed E-state index contributed by atoms with van der Waals surface area (Å²) in [6, 6.07) is 0.472. The quantitative estimate of drug-likeness (QED) is 0.730. The van der Waals surface area contributed by atoms with E-state index in [1.165, 1.54) is 6.26 Å². The molecule has 17 heavy (non-hydrogen) atoms. The molecule has 0 aromatic carbocycles. The van der Waals surface area contributed by atoms with Gasteiger partial charge in [-0.25, -0.2) is 8.42 Å². The highest BCUT2D eigenvalue weighted by Crippen LogP contribution is 2.06. The summed E-state index contributed by atoms with van der Waals surface area (Å²) in [6.07, 6.45) is 2.43. The van der Waals surface area contributed by atoms with Crippen molar-refractivity contribution in [2.75, 3.05) is 45.5 Å². The maximum atomic E-state index is 11.4. The van der Waals surface area contributed by atoms with Gasteiger partial charge < -0.3 is 5.32 Å². The third kappa shape index (κ3) is 5.33. The first-order chi connectivity index (χ1) is 7.93. The molecule has 0 aromatic heterocycles. The zero-order valence-corrected chi connectivity index (χ0v) is 12.0. The average molecular weight is 263 g/mol. The second kappa shape index (κ2) is 6.68. The monoisotopic (exact) mass is 263 g/mol. The molecule has 102 valence electrons. The van der Waals surface area contributed by atoms with Gasteiger partial charge in [-0.15, -0.1) is 0 Å². The lowest BCUT2D eigenvalue weighted by atomic mass is 10.2. The lowest BCUT2D eigenvalue weighted by Gasteiger charge is -2.34. The summed E-state index contributed by atoms with van der Waals surface area (Å²) in [5.74, 6) is 0. The Hall–Kier alpha value is -0.170. The van der Waals surface area contributed by atoms with E-state index in [2.05, 4.69) is 24.1 Å². The van der Waals surface area contributed by atoms with E-state index < -0.39 is 10.0 Å². The first-order valence-corrected chi connectivity index (χ1v) is 8.19. The Balaban J connectivity index is 2.28. The summed E-state index contributed by atoms with van der Waals surface area (Å²) >= 11 is 0. The topological polar surface area (TPSA) is 52.6 Å². The van der Waals surface area contributed by atoms with Gasteiger partial charge in [-0.05, 0) is 19.9 Å². The van der Waals surface area contributed by atoms with Gasteiger partial charge in [0, 0.05) is 38.8 Å². The molecule has 1 heterocycles. The summed E-state index contributed by atoms with van der Waals surface area (Å²) in [5, 5.41) is 3.45. The molecule has 1 atom stereocenters. The molecular formula is C11H25N3O2S. The minimum absolute atomic E-state index is 0.472. The van der Waals surface area contributed by atoms with Crippen LogP contribution in [0.2, 0.25) is 0 Å². The van der Waals surface area contributed by atoms with E-state index in [9.17, 15) is 8.42 Å². The minimum Gasteiger partial charge on any atom is -0.313 e. The molecule has 6 heteroatoms. The largest absolute Gasteiger partial charge is 0.313 e. The highest BCUT2D eigenvalue weighted by Gasteiger charge is 2.23. The zero-order chi connectivity index (χ0) is 12.9. The van der Waals surface area contributed by atoms with Crippen LogP contribution >= 0.6 is 0 Å². The molecule has 1 saturated heterocycles. The SMILES string of the molecule is CCCNC(C)CN1CCN(S(C)(=O)=O)CC1. The Morgan fingerprint density at radius 2 is 1.82 bits per heavy atom. The molecular weight excluding hydrogens is 238 g/mol. The molecule has 1 aliphatic rings. The lowest BCUT2D eigenvalue weighted by Crippen LogP contribution is -2.51. The van der Waals surface area contributed by atoms with Crippen LogP contribution in [0.5, 0.6) is 0 Å². The number of rotatable bonds is 6. The highest BCUT2D eigenvalue weighted by molar-refractivity contribution is 7.88. The Bertz CT molecular complexity index is 311. The number of nitrogens with zero attached hydrogens (tertiary/aromatic N) is 2. The molecule has 0 amide bonds. The van der Waals surface area contributed by atoms with Crippen molar-refractivity contribution >= 4 is 10.0 Å². The summed E-state index contributed by atoms with van der Waals surface area (Å²) in [6.45, 7) is 9.31. The number of piperazine rings is 1. The molecule has 0 aromatic rings. The molecule has 1 rings (SSSR count). The van der Waals surface area contributed by atoms with Gasteiger partial charge in [0.1, 0.15) is 0 Å². The van der Waals surface area contributed by atoms with E-state index >= 15 is 0 Å². The number of hydrogen-bond acceptors (Lipinski definition) is 4. The third-order valence-electron chi connectivity index (χ3n) is 3.08. The fraction of sp³-hybridized carbons (Fsp3) is 1.00. The molecule has 1 fully saturated rings. The molecule has 0 bridgehead atoms. The van der Waals surface area contributed by atoms with E-state index in [1.54, 1.807) is 4.31 Å².